The second-order valence-electron chi connectivity index (χ2n) is 5.09. The van der Waals surface area contributed by atoms with Crippen LogP contribution in [-0.2, 0) is 6.18 Å². The molecule has 0 bridgehead atoms. The van der Waals surface area contributed by atoms with E-state index in [1.165, 1.54) is 6.07 Å². The molecule has 1 heterocycles. The molecule has 0 unspecified atom stereocenters. The van der Waals surface area contributed by atoms with Crippen LogP contribution in [0.15, 0.2) is 18.2 Å². The number of likely N-dealkylation sites (tertiary alicyclic amines) is 1. The molecule has 3 nitrogen and oxygen atoms in total. The van der Waals surface area contributed by atoms with Gasteiger partial charge in [0.15, 0.2) is 0 Å². The molecule has 1 N–H and O–H groups in total. The molecule has 20 heavy (non-hydrogen) atoms. The van der Waals surface area contributed by atoms with Gasteiger partial charge in [-0.3, -0.25) is 0 Å². The zero-order chi connectivity index (χ0) is 14.8. The maximum absolute atomic E-state index is 12.6. The Balaban J connectivity index is 2.14. The van der Waals surface area contributed by atoms with Crippen LogP contribution >= 0.6 is 0 Å². The van der Waals surface area contributed by atoms with Crippen LogP contribution in [0.3, 0.4) is 0 Å². The van der Waals surface area contributed by atoms with Gasteiger partial charge in [0.2, 0.25) is 0 Å². The van der Waals surface area contributed by atoms with Gasteiger partial charge in [0.1, 0.15) is 6.07 Å². The predicted octanol–water partition coefficient (Wildman–Crippen LogP) is 3.08. The minimum absolute atomic E-state index is 0.0405. The number of nitrogens with zero attached hydrogens (tertiary/aromatic N) is 2. The van der Waals surface area contributed by atoms with Gasteiger partial charge in [-0.25, -0.2) is 0 Å². The number of anilines is 1. The van der Waals surface area contributed by atoms with Gasteiger partial charge in [-0.1, -0.05) is 0 Å². The molecule has 1 aromatic rings. The number of benzene rings is 1. The van der Waals surface area contributed by atoms with E-state index in [0.29, 0.717) is 5.69 Å². The molecule has 1 saturated heterocycles. The van der Waals surface area contributed by atoms with E-state index in [1.54, 1.807) is 0 Å². The number of hydrogen-bond donors (Lipinski definition) is 1. The molecule has 1 aromatic carbocycles. The lowest BCUT2D eigenvalue weighted by atomic mass is 10.0. The lowest BCUT2D eigenvalue weighted by Crippen LogP contribution is -2.36. The Morgan fingerprint density at radius 3 is 2.50 bits per heavy atom. The average Bonchev–Trinajstić information content (AvgIpc) is 2.40. The van der Waals surface area contributed by atoms with Crippen molar-refractivity contribution < 1.29 is 13.2 Å². The topological polar surface area (TPSA) is 39.1 Å². The Labute approximate surface area is 116 Å². The van der Waals surface area contributed by atoms with Crippen LogP contribution in [-0.4, -0.2) is 31.1 Å². The predicted molar refractivity (Wildman–Crippen MR) is 70.3 cm³/mol. The highest BCUT2D eigenvalue weighted by Gasteiger charge is 2.31. The van der Waals surface area contributed by atoms with E-state index < -0.39 is 11.7 Å². The number of nitrogens with one attached hydrogen (secondary N) is 1. The van der Waals surface area contributed by atoms with Crippen LogP contribution in [0.2, 0.25) is 0 Å². The molecule has 6 heteroatoms. The monoisotopic (exact) mass is 283 g/mol. The maximum Gasteiger partial charge on any atom is 0.416 e. The van der Waals surface area contributed by atoms with Gasteiger partial charge in [0, 0.05) is 6.04 Å². The van der Waals surface area contributed by atoms with Crippen molar-refractivity contribution in [2.75, 3.05) is 25.5 Å². The highest BCUT2D eigenvalue weighted by Crippen LogP contribution is 2.32. The number of hydrogen-bond acceptors (Lipinski definition) is 3. The van der Waals surface area contributed by atoms with Crippen LogP contribution < -0.4 is 5.32 Å². The molecule has 0 atom stereocenters. The molecule has 0 saturated carbocycles. The first-order chi connectivity index (χ1) is 9.40. The fourth-order valence-corrected chi connectivity index (χ4v) is 2.31. The van der Waals surface area contributed by atoms with E-state index in [2.05, 4.69) is 10.2 Å². The van der Waals surface area contributed by atoms with Gasteiger partial charge in [0.25, 0.3) is 0 Å². The second kappa shape index (κ2) is 5.71. The number of piperidine rings is 1. The summed E-state index contributed by atoms with van der Waals surface area (Å²) in [5, 5.41) is 12.2. The van der Waals surface area contributed by atoms with E-state index in [0.717, 1.165) is 38.1 Å². The fourth-order valence-electron chi connectivity index (χ4n) is 2.31. The third kappa shape index (κ3) is 3.42. The van der Waals surface area contributed by atoms with Crippen LogP contribution in [0.4, 0.5) is 18.9 Å². The van der Waals surface area contributed by atoms with E-state index in [-0.39, 0.29) is 11.6 Å². The first-order valence-corrected chi connectivity index (χ1v) is 6.46. The molecule has 0 aliphatic carbocycles. The lowest BCUT2D eigenvalue weighted by molar-refractivity contribution is -0.137. The Kier molecular flexibility index (Phi) is 4.19. The van der Waals surface area contributed by atoms with E-state index in [1.807, 2.05) is 13.1 Å². The van der Waals surface area contributed by atoms with Crippen molar-refractivity contribution in [1.29, 1.82) is 5.26 Å². The molecule has 0 spiro atoms. The zero-order valence-corrected chi connectivity index (χ0v) is 11.2. The van der Waals surface area contributed by atoms with Gasteiger partial charge < -0.3 is 10.2 Å². The second-order valence-corrected chi connectivity index (χ2v) is 5.09. The Morgan fingerprint density at radius 1 is 1.30 bits per heavy atom. The lowest BCUT2D eigenvalue weighted by Gasteiger charge is -2.30. The third-order valence-electron chi connectivity index (χ3n) is 3.55. The van der Waals surface area contributed by atoms with Crippen molar-refractivity contribution >= 4 is 5.69 Å². The molecular weight excluding hydrogens is 267 g/mol. The maximum atomic E-state index is 12.6. The standard InChI is InChI=1S/C14H16F3N3/c1-20-6-4-12(5-7-20)19-13-3-2-11(14(15,16)17)8-10(13)9-18/h2-3,8,12,19H,4-7H2,1H3. The molecule has 1 fully saturated rings. The number of nitriles is 1. The van der Waals surface area contributed by atoms with Crippen molar-refractivity contribution in [2.24, 2.45) is 0 Å². The van der Waals surface area contributed by atoms with Crippen molar-refractivity contribution in [3.8, 4) is 6.07 Å². The van der Waals surface area contributed by atoms with E-state index in [9.17, 15) is 13.2 Å². The normalized spacial score (nSPS) is 17.8. The molecule has 1 aliphatic heterocycles. The molecule has 0 radical (unpaired) electrons. The van der Waals surface area contributed by atoms with Gasteiger partial charge >= 0.3 is 6.18 Å². The average molecular weight is 283 g/mol. The van der Waals surface area contributed by atoms with Gasteiger partial charge in [-0.15, -0.1) is 0 Å². The molecule has 0 aromatic heterocycles. The van der Waals surface area contributed by atoms with Crippen molar-refractivity contribution in [3.05, 3.63) is 29.3 Å². The Hall–Kier alpha value is -1.74. The summed E-state index contributed by atoms with van der Waals surface area (Å²) in [6.07, 6.45) is -2.58. The number of rotatable bonds is 2. The SMILES string of the molecule is CN1CCC(Nc2ccc(C(F)(F)F)cc2C#N)CC1. The van der Waals surface area contributed by atoms with Crippen LogP contribution in [0.5, 0.6) is 0 Å². The summed E-state index contributed by atoms with van der Waals surface area (Å²) in [6.45, 7) is 1.89. The number of alkyl halides is 3. The van der Waals surface area contributed by atoms with Crippen molar-refractivity contribution in [1.82, 2.24) is 4.90 Å². The van der Waals surface area contributed by atoms with Crippen LogP contribution in [0.1, 0.15) is 24.0 Å². The van der Waals surface area contributed by atoms with E-state index in [4.69, 9.17) is 5.26 Å². The summed E-state index contributed by atoms with van der Waals surface area (Å²) in [5.74, 6) is 0. The van der Waals surface area contributed by atoms with Crippen LogP contribution in [0, 0.1) is 11.3 Å². The first-order valence-electron chi connectivity index (χ1n) is 6.46. The summed E-state index contributed by atoms with van der Waals surface area (Å²) in [7, 11) is 2.04. The fraction of sp³-hybridized carbons (Fsp3) is 0.500. The zero-order valence-electron chi connectivity index (χ0n) is 11.2. The number of halogens is 3. The Bertz CT molecular complexity index is 511. The summed E-state index contributed by atoms with van der Waals surface area (Å²) < 4.78 is 37.8. The van der Waals surface area contributed by atoms with E-state index >= 15 is 0 Å². The quantitative estimate of drug-likeness (QED) is 0.906. The Morgan fingerprint density at radius 2 is 1.95 bits per heavy atom. The summed E-state index contributed by atoms with van der Waals surface area (Å²) in [6, 6.07) is 5.30. The van der Waals surface area contributed by atoms with Crippen molar-refractivity contribution in [3.63, 3.8) is 0 Å². The molecule has 0 amide bonds. The van der Waals surface area contributed by atoms with Gasteiger partial charge in [-0.05, 0) is 51.2 Å². The smallest absolute Gasteiger partial charge is 0.381 e. The summed E-state index contributed by atoms with van der Waals surface area (Å²) >= 11 is 0. The molecule has 1 aliphatic rings. The highest BCUT2D eigenvalue weighted by atomic mass is 19.4. The molecular formula is C14H16F3N3. The van der Waals surface area contributed by atoms with Crippen molar-refractivity contribution in [2.45, 2.75) is 25.1 Å². The highest BCUT2D eigenvalue weighted by molar-refractivity contribution is 5.59. The molecule has 2 rings (SSSR count). The third-order valence-corrected chi connectivity index (χ3v) is 3.55. The summed E-state index contributed by atoms with van der Waals surface area (Å²) in [4.78, 5) is 2.20. The first kappa shape index (κ1) is 14.7. The van der Waals surface area contributed by atoms with Gasteiger partial charge in [-0.2, -0.15) is 18.4 Å². The largest absolute Gasteiger partial charge is 0.416 e. The van der Waals surface area contributed by atoms with Crippen LogP contribution in [0.25, 0.3) is 0 Å². The minimum Gasteiger partial charge on any atom is -0.381 e. The minimum atomic E-state index is -4.42. The molecule has 108 valence electrons. The summed E-state index contributed by atoms with van der Waals surface area (Å²) in [5.41, 5.74) is -0.267. The van der Waals surface area contributed by atoms with Gasteiger partial charge in [0.05, 0.1) is 16.8 Å².